The average molecular weight is 330 g/mol. The average Bonchev–Trinajstić information content (AvgIpc) is 2.45. The quantitative estimate of drug-likeness (QED) is 0.894. The van der Waals surface area contributed by atoms with Gasteiger partial charge in [0.05, 0.1) is 10.0 Å². The van der Waals surface area contributed by atoms with Gasteiger partial charge in [0.15, 0.2) is 0 Å². The third kappa shape index (κ3) is 4.33. The summed E-state index contributed by atoms with van der Waals surface area (Å²) in [7, 11) is 4.17. The molecule has 5 heteroatoms. The van der Waals surface area contributed by atoms with Gasteiger partial charge in [-0.2, -0.15) is 0 Å². The molecule has 118 valence electrons. The second kappa shape index (κ2) is 7.80. The Labute approximate surface area is 138 Å². The summed E-state index contributed by atoms with van der Waals surface area (Å²) in [6.45, 7) is 6.80. The second-order valence-corrected chi connectivity index (χ2v) is 6.71. The van der Waals surface area contributed by atoms with Crippen LogP contribution in [-0.2, 0) is 0 Å². The van der Waals surface area contributed by atoms with Crippen molar-refractivity contribution in [1.29, 1.82) is 0 Å². The Morgan fingerprint density at radius 3 is 2.76 bits per heavy atom. The molecule has 1 aliphatic heterocycles. The number of rotatable bonds is 5. The van der Waals surface area contributed by atoms with E-state index in [1.807, 2.05) is 19.2 Å². The minimum atomic E-state index is 0.239. The molecule has 21 heavy (non-hydrogen) atoms. The fraction of sp³-hybridized carbons (Fsp3) is 0.625. The molecule has 2 unspecified atom stereocenters. The van der Waals surface area contributed by atoms with Crippen molar-refractivity contribution in [1.82, 2.24) is 15.1 Å². The summed E-state index contributed by atoms with van der Waals surface area (Å²) >= 11 is 12.5. The lowest BCUT2D eigenvalue weighted by atomic mass is 10.0. The number of likely N-dealkylation sites (N-methyl/N-ethyl adjacent to an activating group) is 1. The molecule has 0 spiro atoms. The Bertz CT molecular complexity index is 467. The highest BCUT2D eigenvalue weighted by Crippen LogP contribution is 2.31. The van der Waals surface area contributed by atoms with E-state index >= 15 is 0 Å². The molecule has 0 bridgehead atoms. The predicted octanol–water partition coefficient (Wildman–Crippen LogP) is 3.28. The van der Waals surface area contributed by atoms with Crippen LogP contribution in [0.5, 0.6) is 0 Å². The van der Waals surface area contributed by atoms with Gasteiger partial charge in [-0.3, -0.25) is 4.90 Å². The van der Waals surface area contributed by atoms with Crippen molar-refractivity contribution < 1.29 is 0 Å². The van der Waals surface area contributed by atoms with Gasteiger partial charge in [-0.15, -0.1) is 0 Å². The summed E-state index contributed by atoms with van der Waals surface area (Å²) in [5, 5.41) is 4.67. The highest BCUT2D eigenvalue weighted by atomic mass is 35.5. The Hall–Kier alpha value is -0.320. The lowest BCUT2D eigenvalue weighted by Gasteiger charge is -2.38. The molecule has 2 atom stereocenters. The maximum atomic E-state index is 6.34. The van der Waals surface area contributed by atoms with Crippen LogP contribution in [0.25, 0.3) is 0 Å². The normalized spacial score (nSPS) is 22.4. The number of nitrogens with zero attached hydrogens (tertiary/aromatic N) is 2. The van der Waals surface area contributed by atoms with Gasteiger partial charge in [-0.05, 0) is 39.1 Å². The van der Waals surface area contributed by atoms with Crippen LogP contribution in [0.4, 0.5) is 0 Å². The molecule has 1 fully saturated rings. The molecule has 0 aromatic heterocycles. The van der Waals surface area contributed by atoms with Crippen molar-refractivity contribution in [3.05, 3.63) is 33.8 Å². The minimum Gasteiger partial charge on any atom is -0.313 e. The Morgan fingerprint density at radius 2 is 2.10 bits per heavy atom. The van der Waals surface area contributed by atoms with Crippen LogP contribution in [0.3, 0.4) is 0 Å². The van der Waals surface area contributed by atoms with Crippen LogP contribution in [0.15, 0.2) is 18.2 Å². The molecule has 1 aromatic rings. The van der Waals surface area contributed by atoms with Crippen LogP contribution in [0, 0.1) is 0 Å². The van der Waals surface area contributed by atoms with Gasteiger partial charge in [-0.1, -0.05) is 35.3 Å². The molecule has 1 aliphatic rings. The van der Waals surface area contributed by atoms with Crippen molar-refractivity contribution in [2.45, 2.75) is 25.4 Å². The van der Waals surface area contributed by atoms with E-state index in [-0.39, 0.29) is 6.04 Å². The first-order valence-corrected chi connectivity index (χ1v) is 8.32. The van der Waals surface area contributed by atoms with E-state index in [9.17, 15) is 0 Å². The lowest BCUT2D eigenvalue weighted by molar-refractivity contribution is 0.0963. The van der Waals surface area contributed by atoms with Gasteiger partial charge >= 0.3 is 0 Å². The molecule has 0 aliphatic carbocycles. The Balaban J connectivity index is 1.98. The highest BCUT2D eigenvalue weighted by Gasteiger charge is 2.23. The smallest absolute Gasteiger partial charge is 0.0640 e. The summed E-state index contributed by atoms with van der Waals surface area (Å²) in [5.74, 6) is 0. The molecular weight excluding hydrogens is 305 g/mol. The molecule has 1 N–H and O–H groups in total. The summed E-state index contributed by atoms with van der Waals surface area (Å²) < 4.78 is 0. The number of nitrogens with one attached hydrogen (secondary N) is 1. The largest absolute Gasteiger partial charge is 0.313 e. The van der Waals surface area contributed by atoms with Crippen LogP contribution in [0.1, 0.15) is 24.9 Å². The maximum Gasteiger partial charge on any atom is 0.0640 e. The monoisotopic (exact) mass is 329 g/mol. The van der Waals surface area contributed by atoms with E-state index in [0.717, 1.165) is 38.2 Å². The van der Waals surface area contributed by atoms with E-state index in [1.54, 1.807) is 0 Å². The number of piperazine rings is 1. The molecule has 0 amide bonds. The Kier molecular flexibility index (Phi) is 6.33. The third-order valence-corrected chi connectivity index (χ3v) is 5.21. The number of benzene rings is 1. The van der Waals surface area contributed by atoms with Gasteiger partial charge in [0, 0.05) is 38.3 Å². The van der Waals surface area contributed by atoms with Gasteiger partial charge in [-0.25, -0.2) is 0 Å². The van der Waals surface area contributed by atoms with Gasteiger partial charge in [0.1, 0.15) is 0 Å². The molecule has 1 saturated heterocycles. The molecule has 1 heterocycles. The van der Waals surface area contributed by atoms with Crippen molar-refractivity contribution in [2.24, 2.45) is 0 Å². The SMILES string of the molecule is CNC(CCN1CCN(C)CC1C)c1cccc(Cl)c1Cl. The predicted molar refractivity (Wildman–Crippen MR) is 91.4 cm³/mol. The molecule has 1 aromatic carbocycles. The second-order valence-electron chi connectivity index (χ2n) is 5.92. The standard InChI is InChI=1S/C16H25Cl2N3/c1-12-11-20(3)9-10-21(12)8-7-15(19-2)13-5-4-6-14(17)16(13)18/h4-6,12,15,19H,7-11H2,1-3H3. The van der Waals surface area contributed by atoms with E-state index in [4.69, 9.17) is 23.2 Å². The molecule has 2 rings (SSSR count). The maximum absolute atomic E-state index is 6.34. The number of hydrogen-bond donors (Lipinski definition) is 1. The molecule has 0 radical (unpaired) electrons. The highest BCUT2D eigenvalue weighted by molar-refractivity contribution is 6.42. The summed E-state index contributed by atoms with van der Waals surface area (Å²) in [5.41, 5.74) is 1.09. The van der Waals surface area contributed by atoms with E-state index < -0.39 is 0 Å². The fourth-order valence-corrected chi connectivity index (χ4v) is 3.49. The number of halogens is 2. The summed E-state index contributed by atoms with van der Waals surface area (Å²) in [6.07, 6.45) is 1.03. The first kappa shape index (κ1) is 17.0. The number of hydrogen-bond acceptors (Lipinski definition) is 3. The van der Waals surface area contributed by atoms with Crippen LogP contribution in [0.2, 0.25) is 10.0 Å². The zero-order chi connectivity index (χ0) is 15.4. The van der Waals surface area contributed by atoms with Gasteiger partial charge in [0.25, 0.3) is 0 Å². The van der Waals surface area contributed by atoms with E-state index in [1.165, 1.54) is 0 Å². The first-order valence-electron chi connectivity index (χ1n) is 7.56. The molecule has 0 saturated carbocycles. The van der Waals surface area contributed by atoms with Gasteiger partial charge in [0.2, 0.25) is 0 Å². The van der Waals surface area contributed by atoms with Crippen molar-refractivity contribution in [3.8, 4) is 0 Å². The van der Waals surface area contributed by atoms with Gasteiger partial charge < -0.3 is 10.2 Å². The third-order valence-electron chi connectivity index (χ3n) is 4.38. The first-order chi connectivity index (χ1) is 10.0. The van der Waals surface area contributed by atoms with Crippen molar-refractivity contribution >= 4 is 23.2 Å². The fourth-order valence-electron chi connectivity index (χ4n) is 3.05. The lowest BCUT2D eigenvalue weighted by Crippen LogP contribution is -2.50. The molecular formula is C16H25Cl2N3. The Morgan fingerprint density at radius 1 is 1.33 bits per heavy atom. The van der Waals surface area contributed by atoms with Crippen LogP contribution in [-0.4, -0.2) is 56.1 Å². The summed E-state index contributed by atoms with van der Waals surface area (Å²) in [4.78, 5) is 4.95. The zero-order valence-corrected chi connectivity index (χ0v) is 14.6. The van der Waals surface area contributed by atoms with Crippen LogP contribution < -0.4 is 5.32 Å². The van der Waals surface area contributed by atoms with E-state index in [0.29, 0.717) is 16.1 Å². The zero-order valence-electron chi connectivity index (χ0n) is 13.1. The molecule has 3 nitrogen and oxygen atoms in total. The van der Waals surface area contributed by atoms with Crippen LogP contribution >= 0.6 is 23.2 Å². The summed E-state index contributed by atoms with van der Waals surface area (Å²) in [6, 6.07) is 6.71. The van der Waals surface area contributed by atoms with Crippen molar-refractivity contribution in [3.63, 3.8) is 0 Å². The van der Waals surface area contributed by atoms with Crippen molar-refractivity contribution in [2.75, 3.05) is 40.3 Å². The topological polar surface area (TPSA) is 18.5 Å². The van der Waals surface area contributed by atoms with E-state index in [2.05, 4.69) is 35.2 Å². The minimum absolute atomic E-state index is 0.239.